The summed E-state index contributed by atoms with van der Waals surface area (Å²) in [6, 6.07) is 13.7. The summed E-state index contributed by atoms with van der Waals surface area (Å²) >= 11 is 0. The van der Waals surface area contributed by atoms with E-state index in [0.29, 0.717) is 22.8 Å². The van der Waals surface area contributed by atoms with E-state index in [1.165, 1.54) is 24.5 Å². The Morgan fingerprint density at radius 3 is 2.67 bits per heavy atom. The lowest BCUT2D eigenvalue weighted by molar-refractivity contribution is 0.342. The van der Waals surface area contributed by atoms with Crippen LogP contribution in [0.3, 0.4) is 0 Å². The third-order valence-corrected chi connectivity index (χ3v) is 6.29. The van der Waals surface area contributed by atoms with Crippen molar-refractivity contribution in [2.24, 2.45) is 0 Å². The molecule has 0 spiro atoms. The maximum Gasteiger partial charge on any atom is 0.246 e. The largest absolute Gasteiger partial charge is 0.495 e. The van der Waals surface area contributed by atoms with Crippen molar-refractivity contribution in [3.05, 3.63) is 72.9 Å². The fourth-order valence-electron chi connectivity index (χ4n) is 2.93. The van der Waals surface area contributed by atoms with Gasteiger partial charge >= 0.3 is 0 Å². The van der Waals surface area contributed by atoms with E-state index in [1.54, 1.807) is 59.7 Å². The van der Waals surface area contributed by atoms with Crippen molar-refractivity contribution in [1.82, 2.24) is 24.2 Å². The number of hydrogen-bond acceptors (Lipinski definition) is 7. The van der Waals surface area contributed by atoms with E-state index in [1.807, 2.05) is 6.07 Å². The van der Waals surface area contributed by atoms with Gasteiger partial charge in [0.1, 0.15) is 16.3 Å². The molecule has 0 fully saturated rings. The topological polar surface area (TPSA) is 103 Å². The van der Waals surface area contributed by atoms with E-state index >= 15 is 0 Å². The molecule has 0 bridgehead atoms. The van der Waals surface area contributed by atoms with Gasteiger partial charge in [-0.25, -0.2) is 13.1 Å². The van der Waals surface area contributed by atoms with Gasteiger partial charge < -0.3 is 9.26 Å². The number of hydrogen-bond donors (Lipinski definition) is 0. The molecule has 30 heavy (non-hydrogen) atoms. The molecule has 154 valence electrons. The van der Waals surface area contributed by atoms with Gasteiger partial charge in [0, 0.05) is 31.7 Å². The quantitative estimate of drug-likeness (QED) is 0.448. The van der Waals surface area contributed by atoms with Crippen molar-refractivity contribution >= 4 is 10.0 Å². The zero-order valence-corrected chi connectivity index (χ0v) is 17.2. The Morgan fingerprint density at radius 1 is 1.10 bits per heavy atom. The molecule has 0 atom stereocenters. The predicted molar refractivity (Wildman–Crippen MR) is 109 cm³/mol. The number of aromatic nitrogens is 4. The molecule has 3 heterocycles. The first kappa shape index (κ1) is 19.8. The Morgan fingerprint density at radius 2 is 1.97 bits per heavy atom. The molecule has 4 aromatic rings. The summed E-state index contributed by atoms with van der Waals surface area (Å²) in [5.41, 5.74) is 1.78. The van der Waals surface area contributed by atoms with Crippen LogP contribution >= 0.6 is 0 Å². The molecule has 0 aliphatic heterocycles. The summed E-state index contributed by atoms with van der Waals surface area (Å²) in [6.07, 6.45) is 5.00. The third-order valence-electron chi connectivity index (χ3n) is 4.47. The summed E-state index contributed by atoms with van der Waals surface area (Å²) < 4.78 is 39.9. The Hall–Kier alpha value is -3.50. The molecule has 0 aliphatic carbocycles. The van der Waals surface area contributed by atoms with Crippen LogP contribution in [0.1, 0.15) is 5.76 Å². The van der Waals surface area contributed by atoms with Crippen LogP contribution in [0.5, 0.6) is 5.75 Å². The summed E-state index contributed by atoms with van der Waals surface area (Å²) in [6.45, 7) is -0.00266. The number of rotatable bonds is 7. The fraction of sp³-hybridized carbons (Fsp3) is 0.150. The molecule has 0 unspecified atom stereocenters. The standard InChI is InChI=1S/C20H19N5O4S/c1-24(14-16-13-18(23-29-16)17-6-3-4-9-21-17)30(26,27)20-12-15(7-8-19(20)28-2)25-11-5-10-22-25/h3-13H,14H2,1-2H3. The van der Waals surface area contributed by atoms with Gasteiger partial charge in [0.25, 0.3) is 0 Å². The number of methoxy groups -OCH3 is 1. The number of ether oxygens (including phenoxy) is 1. The van der Waals surface area contributed by atoms with E-state index in [4.69, 9.17) is 9.26 Å². The monoisotopic (exact) mass is 425 g/mol. The average molecular weight is 425 g/mol. The van der Waals surface area contributed by atoms with Gasteiger partial charge in [-0.3, -0.25) is 4.98 Å². The zero-order chi connectivity index (χ0) is 21.1. The molecule has 0 aliphatic rings. The van der Waals surface area contributed by atoms with Crippen LogP contribution in [0.15, 0.2) is 76.5 Å². The molecule has 0 saturated heterocycles. The van der Waals surface area contributed by atoms with Crippen LogP contribution < -0.4 is 4.74 Å². The molecular weight excluding hydrogens is 406 g/mol. The lowest BCUT2D eigenvalue weighted by atomic mass is 10.2. The summed E-state index contributed by atoms with van der Waals surface area (Å²) in [7, 11) is -0.986. The molecule has 1 aromatic carbocycles. The molecule has 0 amide bonds. The normalized spacial score (nSPS) is 11.7. The molecule has 4 rings (SSSR count). The van der Waals surface area contributed by atoms with Crippen molar-refractivity contribution < 1.29 is 17.7 Å². The van der Waals surface area contributed by atoms with Gasteiger partial charge in [0.05, 0.1) is 25.0 Å². The minimum Gasteiger partial charge on any atom is -0.495 e. The molecule has 10 heteroatoms. The van der Waals surface area contributed by atoms with E-state index in [-0.39, 0.29) is 17.2 Å². The van der Waals surface area contributed by atoms with Crippen LogP contribution in [0.2, 0.25) is 0 Å². The van der Waals surface area contributed by atoms with Crippen LogP contribution in [0, 0.1) is 0 Å². The van der Waals surface area contributed by atoms with E-state index < -0.39 is 10.0 Å². The molecule has 3 aromatic heterocycles. The Kier molecular flexibility index (Phi) is 5.34. The second-order valence-corrected chi connectivity index (χ2v) is 8.45. The van der Waals surface area contributed by atoms with Crippen LogP contribution in [-0.2, 0) is 16.6 Å². The number of pyridine rings is 1. The number of nitrogens with zero attached hydrogens (tertiary/aromatic N) is 5. The summed E-state index contributed by atoms with van der Waals surface area (Å²) in [4.78, 5) is 4.25. The first-order valence-corrected chi connectivity index (χ1v) is 10.4. The van der Waals surface area contributed by atoms with Crippen molar-refractivity contribution in [2.75, 3.05) is 14.2 Å². The van der Waals surface area contributed by atoms with Gasteiger partial charge in [-0.2, -0.15) is 9.40 Å². The first-order valence-electron chi connectivity index (χ1n) is 9.00. The van der Waals surface area contributed by atoms with Gasteiger partial charge in [0.15, 0.2) is 5.76 Å². The highest BCUT2D eigenvalue weighted by molar-refractivity contribution is 7.89. The number of sulfonamides is 1. The van der Waals surface area contributed by atoms with Crippen molar-refractivity contribution in [3.8, 4) is 22.8 Å². The van der Waals surface area contributed by atoms with Gasteiger partial charge in [-0.05, 0) is 36.4 Å². The molecule has 0 radical (unpaired) electrons. The maximum atomic E-state index is 13.3. The zero-order valence-electron chi connectivity index (χ0n) is 16.3. The Balaban J connectivity index is 1.62. The van der Waals surface area contributed by atoms with E-state index in [2.05, 4.69) is 15.2 Å². The highest BCUT2D eigenvalue weighted by Gasteiger charge is 2.27. The van der Waals surface area contributed by atoms with Gasteiger partial charge in [-0.15, -0.1) is 0 Å². The van der Waals surface area contributed by atoms with Crippen LogP contribution in [0.25, 0.3) is 17.1 Å². The minimum absolute atomic E-state index is 0.00266. The van der Waals surface area contributed by atoms with E-state index in [0.717, 1.165) is 0 Å². The van der Waals surface area contributed by atoms with Crippen molar-refractivity contribution in [2.45, 2.75) is 11.4 Å². The molecule has 0 saturated carbocycles. The highest BCUT2D eigenvalue weighted by atomic mass is 32.2. The van der Waals surface area contributed by atoms with Crippen LogP contribution in [0.4, 0.5) is 0 Å². The maximum absolute atomic E-state index is 13.3. The first-order chi connectivity index (χ1) is 14.5. The summed E-state index contributed by atoms with van der Waals surface area (Å²) in [5.74, 6) is 0.633. The lowest BCUT2D eigenvalue weighted by Gasteiger charge is -2.18. The minimum atomic E-state index is -3.89. The Bertz CT molecular complexity index is 1240. The molecule has 9 nitrogen and oxygen atoms in total. The van der Waals surface area contributed by atoms with E-state index in [9.17, 15) is 8.42 Å². The van der Waals surface area contributed by atoms with Gasteiger partial charge in [0.2, 0.25) is 10.0 Å². The second-order valence-electron chi connectivity index (χ2n) is 6.44. The smallest absolute Gasteiger partial charge is 0.246 e. The number of benzene rings is 1. The van der Waals surface area contributed by atoms with Gasteiger partial charge in [-0.1, -0.05) is 11.2 Å². The second kappa shape index (κ2) is 8.09. The third kappa shape index (κ3) is 3.82. The van der Waals surface area contributed by atoms with Crippen molar-refractivity contribution in [3.63, 3.8) is 0 Å². The SMILES string of the molecule is COc1ccc(-n2cccn2)cc1S(=O)(=O)N(C)Cc1cc(-c2ccccn2)no1. The molecular formula is C20H19N5O4S. The highest BCUT2D eigenvalue weighted by Crippen LogP contribution is 2.29. The fourth-order valence-corrected chi connectivity index (χ4v) is 4.23. The van der Waals surface area contributed by atoms with Crippen molar-refractivity contribution in [1.29, 1.82) is 0 Å². The molecule has 0 N–H and O–H groups in total. The average Bonchev–Trinajstić information content (AvgIpc) is 3.46. The predicted octanol–water partition coefficient (Wildman–Crippen LogP) is 2.75. The summed E-state index contributed by atoms with van der Waals surface area (Å²) in [5, 5.41) is 8.13. The lowest BCUT2D eigenvalue weighted by Crippen LogP contribution is -2.27. The Labute approximate surface area is 173 Å². The van der Waals surface area contributed by atoms with Crippen LogP contribution in [-0.4, -0.2) is 46.8 Å².